The minimum Gasteiger partial charge on any atom is -0.453 e. The number of fused-ring (bicyclic) bond motifs is 4. The molecule has 0 atom stereocenters. The lowest BCUT2D eigenvalue weighted by Crippen LogP contribution is -2.12. The quantitative estimate of drug-likeness (QED) is 0.260. The molecule has 6 heteroatoms. The standard InChI is InChI=1S/C18H15N3O3/c19-23-8-7-20-11-5-6-14-16(9-11)24-17-10-15(22)12-3-1-2-4-13(12)18(17)21-14/h1-6,9-10,20H,7-8,19H2. The Hall–Kier alpha value is -2.96. The predicted molar refractivity (Wildman–Crippen MR) is 93.0 cm³/mol. The van der Waals surface area contributed by atoms with Crippen molar-refractivity contribution in [2.75, 3.05) is 18.5 Å². The number of nitrogens with one attached hydrogen (secondary N) is 1. The summed E-state index contributed by atoms with van der Waals surface area (Å²) in [6, 6.07) is 14.5. The van der Waals surface area contributed by atoms with E-state index in [2.05, 4.69) is 15.1 Å². The Labute approximate surface area is 137 Å². The fourth-order valence-electron chi connectivity index (χ4n) is 2.79. The van der Waals surface area contributed by atoms with Crippen molar-refractivity contribution in [1.29, 1.82) is 0 Å². The van der Waals surface area contributed by atoms with Gasteiger partial charge in [0.15, 0.2) is 16.8 Å². The van der Waals surface area contributed by atoms with E-state index in [4.69, 9.17) is 10.3 Å². The Morgan fingerprint density at radius 3 is 2.79 bits per heavy atom. The van der Waals surface area contributed by atoms with Crippen LogP contribution in [-0.2, 0) is 4.84 Å². The molecule has 24 heavy (non-hydrogen) atoms. The molecular formula is C18H15N3O3. The van der Waals surface area contributed by atoms with Gasteiger partial charge in [0.05, 0.1) is 6.61 Å². The van der Waals surface area contributed by atoms with Gasteiger partial charge in [-0.3, -0.25) is 4.79 Å². The molecule has 1 heterocycles. The van der Waals surface area contributed by atoms with E-state index in [1.165, 1.54) is 6.07 Å². The van der Waals surface area contributed by atoms with Crippen molar-refractivity contribution in [3.8, 4) is 11.5 Å². The van der Waals surface area contributed by atoms with E-state index in [0.29, 0.717) is 35.6 Å². The number of hydrogen-bond donors (Lipinski definition) is 2. The Morgan fingerprint density at radius 1 is 1.12 bits per heavy atom. The third kappa shape index (κ3) is 2.47. The van der Waals surface area contributed by atoms with Crippen molar-refractivity contribution in [2.24, 2.45) is 5.90 Å². The number of aromatic nitrogens is 1. The highest BCUT2D eigenvalue weighted by atomic mass is 16.6. The van der Waals surface area contributed by atoms with Crippen LogP contribution in [0.1, 0.15) is 0 Å². The van der Waals surface area contributed by atoms with Gasteiger partial charge in [0, 0.05) is 35.1 Å². The molecule has 0 radical (unpaired) electrons. The Morgan fingerprint density at radius 2 is 1.96 bits per heavy atom. The van der Waals surface area contributed by atoms with Crippen molar-refractivity contribution < 1.29 is 9.25 Å². The zero-order chi connectivity index (χ0) is 16.5. The fraction of sp³-hybridized carbons (Fsp3) is 0.111. The summed E-state index contributed by atoms with van der Waals surface area (Å²) < 4.78 is 5.92. The lowest BCUT2D eigenvalue weighted by Gasteiger charge is -2.10. The van der Waals surface area contributed by atoms with Crippen LogP contribution in [0.15, 0.2) is 57.7 Å². The maximum atomic E-state index is 12.2. The minimum atomic E-state index is -0.0719. The number of rotatable bonds is 4. The molecule has 120 valence electrons. The van der Waals surface area contributed by atoms with Gasteiger partial charge in [-0.05, 0) is 12.1 Å². The molecular weight excluding hydrogens is 306 g/mol. The second-order valence-corrected chi connectivity index (χ2v) is 5.46. The van der Waals surface area contributed by atoms with Crippen LogP contribution in [0, 0.1) is 0 Å². The first-order valence-corrected chi connectivity index (χ1v) is 7.58. The van der Waals surface area contributed by atoms with Crippen LogP contribution in [0.4, 0.5) is 5.69 Å². The van der Waals surface area contributed by atoms with Gasteiger partial charge in [-0.2, -0.15) is 0 Å². The smallest absolute Gasteiger partial charge is 0.190 e. The first kappa shape index (κ1) is 14.6. The largest absolute Gasteiger partial charge is 0.453 e. The Bertz CT molecular complexity index is 1060. The van der Waals surface area contributed by atoms with Crippen molar-refractivity contribution in [1.82, 2.24) is 4.98 Å². The molecule has 3 N–H and O–H groups in total. The molecule has 0 saturated heterocycles. The van der Waals surface area contributed by atoms with Crippen molar-refractivity contribution in [3.05, 3.63) is 58.8 Å². The van der Waals surface area contributed by atoms with Crippen molar-refractivity contribution in [3.63, 3.8) is 0 Å². The van der Waals surface area contributed by atoms with Gasteiger partial charge in [0.1, 0.15) is 11.2 Å². The zero-order valence-electron chi connectivity index (χ0n) is 12.8. The van der Waals surface area contributed by atoms with Gasteiger partial charge >= 0.3 is 0 Å². The molecule has 6 nitrogen and oxygen atoms in total. The molecule has 0 aromatic heterocycles. The van der Waals surface area contributed by atoms with Crippen molar-refractivity contribution >= 4 is 27.6 Å². The lowest BCUT2D eigenvalue weighted by molar-refractivity contribution is 0.148. The van der Waals surface area contributed by atoms with Crippen LogP contribution in [0.2, 0.25) is 0 Å². The van der Waals surface area contributed by atoms with Crippen LogP contribution in [0.25, 0.3) is 33.3 Å². The number of nitrogens with two attached hydrogens (primary N) is 1. The zero-order valence-corrected chi connectivity index (χ0v) is 12.8. The van der Waals surface area contributed by atoms with E-state index in [9.17, 15) is 4.79 Å². The van der Waals surface area contributed by atoms with E-state index < -0.39 is 0 Å². The van der Waals surface area contributed by atoms with Gasteiger partial charge in [-0.1, -0.05) is 24.3 Å². The summed E-state index contributed by atoms with van der Waals surface area (Å²) in [6.45, 7) is 0.981. The molecule has 4 rings (SSSR count). The molecule has 0 bridgehead atoms. The minimum absolute atomic E-state index is 0.0719. The summed E-state index contributed by atoms with van der Waals surface area (Å²) >= 11 is 0. The number of hydrogen-bond acceptors (Lipinski definition) is 6. The van der Waals surface area contributed by atoms with Crippen LogP contribution in [-0.4, -0.2) is 18.1 Å². The summed E-state index contributed by atoms with van der Waals surface area (Å²) in [7, 11) is 0. The number of benzene rings is 3. The van der Waals surface area contributed by atoms with Crippen LogP contribution in [0.5, 0.6) is 0 Å². The molecule has 0 unspecified atom stereocenters. The second kappa shape index (κ2) is 5.92. The van der Waals surface area contributed by atoms with Gasteiger partial charge in [0.25, 0.3) is 0 Å². The van der Waals surface area contributed by atoms with Gasteiger partial charge in [-0.15, -0.1) is 0 Å². The van der Waals surface area contributed by atoms with Gasteiger partial charge in [-0.25, -0.2) is 10.9 Å². The van der Waals surface area contributed by atoms with Crippen LogP contribution < -0.4 is 16.6 Å². The molecule has 0 saturated carbocycles. The highest BCUT2D eigenvalue weighted by Crippen LogP contribution is 2.30. The van der Waals surface area contributed by atoms with Gasteiger partial charge < -0.3 is 14.6 Å². The summed E-state index contributed by atoms with van der Waals surface area (Å²) in [5.41, 5.74) is 2.82. The average molecular weight is 321 g/mol. The molecule has 0 amide bonds. The SMILES string of the molecule is NOCCNc1ccc2nc3c4ccccc4c(=O)cc-3oc2c1. The fourth-order valence-corrected chi connectivity index (χ4v) is 2.79. The second-order valence-electron chi connectivity index (χ2n) is 5.46. The van der Waals surface area contributed by atoms with E-state index in [-0.39, 0.29) is 5.43 Å². The Kier molecular flexibility index (Phi) is 3.60. The highest BCUT2D eigenvalue weighted by molar-refractivity contribution is 5.96. The van der Waals surface area contributed by atoms with E-state index in [1.54, 1.807) is 6.07 Å². The maximum Gasteiger partial charge on any atom is 0.190 e. The molecule has 1 aliphatic carbocycles. The lowest BCUT2D eigenvalue weighted by atomic mass is 10.0. The predicted octanol–water partition coefficient (Wildman–Crippen LogP) is 2.75. The van der Waals surface area contributed by atoms with Crippen molar-refractivity contribution in [2.45, 2.75) is 0 Å². The highest BCUT2D eigenvalue weighted by Gasteiger charge is 2.15. The Balaban J connectivity index is 1.89. The summed E-state index contributed by atoms with van der Waals surface area (Å²) in [5.74, 6) is 5.49. The molecule has 2 aromatic carbocycles. The molecule has 2 aromatic rings. The topological polar surface area (TPSA) is 90.4 Å². The summed E-state index contributed by atoms with van der Waals surface area (Å²) in [4.78, 5) is 21.5. The third-order valence-corrected chi connectivity index (χ3v) is 3.90. The maximum absolute atomic E-state index is 12.2. The molecule has 0 spiro atoms. The number of nitrogens with zero attached hydrogens (tertiary/aromatic N) is 1. The van der Waals surface area contributed by atoms with E-state index in [0.717, 1.165) is 16.6 Å². The third-order valence-electron chi connectivity index (χ3n) is 3.90. The molecule has 2 aliphatic rings. The first-order chi connectivity index (χ1) is 11.8. The average Bonchev–Trinajstić information content (AvgIpc) is 2.61. The summed E-state index contributed by atoms with van der Waals surface area (Å²) in [5, 5.41) is 4.62. The van der Waals surface area contributed by atoms with Crippen LogP contribution in [0.3, 0.4) is 0 Å². The van der Waals surface area contributed by atoms with E-state index in [1.807, 2.05) is 36.4 Å². The first-order valence-electron chi connectivity index (χ1n) is 7.58. The van der Waals surface area contributed by atoms with Gasteiger partial charge in [0.2, 0.25) is 0 Å². The molecule has 0 fully saturated rings. The number of anilines is 1. The normalized spacial score (nSPS) is 11.4. The van der Waals surface area contributed by atoms with Crippen LogP contribution >= 0.6 is 0 Å². The summed E-state index contributed by atoms with van der Waals surface area (Å²) in [6.07, 6.45) is 0. The monoisotopic (exact) mass is 321 g/mol. The van der Waals surface area contributed by atoms with E-state index >= 15 is 0 Å². The molecule has 1 aliphatic heterocycles.